The van der Waals surface area contributed by atoms with Crippen molar-refractivity contribution in [3.05, 3.63) is 54.8 Å². The van der Waals surface area contributed by atoms with E-state index in [1.165, 1.54) is 0 Å². The molecule has 62 valence electrons. The van der Waals surface area contributed by atoms with E-state index in [-0.39, 0.29) is 0 Å². The molecule has 0 saturated carbocycles. The number of allylic oxidation sites excluding steroid dienone is 2. The molecule has 0 unspecified atom stereocenters. The molecule has 0 aliphatic heterocycles. The third kappa shape index (κ3) is 2.27. The van der Waals surface area contributed by atoms with Crippen LogP contribution in [-0.4, -0.2) is 7.11 Å². The van der Waals surface area contributed by atoms with Gasteiger partial charge in [-0.2, -0.15) is 0 Å². The lowest BCUT2D eigenvalue weighted by Crippen LogP contribution is -1.77. The van der Waals surface area contributed by atoms with Crippen LogP contribution in [0.5, 0.6) is 0 Å². The van der Waals surface area contributed by atoms with E-state index >= 15 is 0 Å². The molecule has 0 heterocycles. The zero-order valence-electron chi connectivity index (χ0n) is 7.16. The Kier molecular flexibility index (Phi) is 3.15. The normalized spacial score (nSPS) is 10.1. The molecule has 12 heavy (non-hydrogen) atoms. The zero-order chi connectivity index (χ0) is 8.81. The largest absolute Gasteiger partial charge is 0.504 e. The Balaban J connectivity index is 2.72. The maximum Gasteiger partial charge on any atom is 0.0830 e. The summed E-state index contributed by atoms with van der Waals surface area (Å²) < 4.78 is 4.79. The van der Waals surface area contributed by atoms with E-state index < -0.39 is 0 Å². The molecular formula is C11H12O. The molecule has 0 atom stereocenters. The van der Waals surface area contributed by atoms with Gasteiger partial charge in [0.25, 0.3) is 0 Å². The smallest absolute Gasteiger partial charge is 0.0830 e. The van der Waals surface area contributed by atoms with Crippen LogP contribution in [0.25, 0.3) is 5.57 Å². The molecule has 0 spiro atoms. The molecule has 0 N–H and O–H groups in total. The second kappa shape index (κ2) is 4.39. The Morgan fingerprint density at radius 1 is 1.33 bits per heavy atom. The third-order valence-corrected chi connectivity index (χ3v) is 1.55. The number of methoxy groups -OCH3 is 1. The lowest BCUT2D eigenvalue weighted by Gasteiger charge is -1.98. The molecule has 1 rings (SSSR count). The minimum Gasteiger partial charge on any atom is -0.504 e. The molecular weight excluding hydrogens is 148 g/mol. The average molecular weight is 160 g/mol. The first kappa shape index (κ1) is 8.60. The van der Waals surface area contributed by atoms with Gasteiger partial charge in [-0.05, 0) is 17.2 Å². The summed E-state index contributed by atoms with van der Waals surface area (Å²) in [6.07, 6.45) is 3.46. The molecule has 0 bridgehead atoms. The van der Waals surface area contributed by atoms with Crippen molar-refractivity contribution in [3.63, 3.8) is 0 Å². The Hall–Kier alpha value is -1.50. The SMILES string of the molecule is C=C(/C=C\OC)c1ccccc1. The summed E-state index contributed by atoms with van der Waals surface area (Å²) >= 11 is 0. The molecule has 0 aliphatic rings. The van der Waals surface area contributed by atoms with Crippen LogP contribution in [0.3, 0.4) is 0 Å². The average Bonchev–Trinajstić information content (AvgIpc) is 2.15. The van der Waals surface area contributed by atoms with Crippen molar-refractivity contribution >= 4 is 5.57 Å². The molecule has 0 fully saturated rings. The fourth-order valence-electron chi connectivity index (χ4n) is 0.899. The van der Waals surface area contributed by atoms with Crippen LogP contribution >= 0.6 is 0 Å². The van der Waals surface area contributed by atoms with Gasteiger partial charge in [0, 0.05) is 0 Å². The first-order valence-electron chi connectivity index (χ1n) is 3.78. The van der Waals surface area contributed by atoms with Gasteiger partial charge >= 0.3 is 0 Å². The predicted molar refractivity (Wildman–Crippen MR) is 51.6 cm³/mol. The van der Waals surface area contributed by atoms with Gasteiger partial charge in [0.05, 0.1) is 13.4 Å². The fraction of sp³-hybridized carbons (Fsp3) is 0.0909. The second-order valence-corrected chi connectivity index (χ2v) is 2.43. The van der Waals surface area contributed by atoms with Crippen LogP contribution in [0, 0.1) is 0 Å². The van der Waals surface area contributed by atoms with E-state index in [0.717, 1.165) is 11.1 Å². The highest BCUT2D eigenvalue weighted by Crippen LogP contribution is 2.12. The van der Waals surface area contributed by atoms with Crippen LogP contribution < -0.4 is 0 Å². The van der Waals surface area contributed by atoms with E-state index in [4.69, 9.17) is 4.74 Å². The Morgan fingerprint density at radius 2 is 2.00 bits per heavy atom. The quantitative estimate of drug-likeness (QED) is 0.488. The molecule has 0 aliphatic carbocycles. The van der Waals surface area contributed by atoms with Gasteiger partial charge in [-0.1, -0.05) is 36.9 Å². The Bertz CT molecular complexity index is 272. The first-order chi connectivity index (χ1) is 5.84. The van der Waals surface area contributed by atoms with Gasteiger partial charge in [0.2, 0.25) is 0 Å². The Labute approximate surface area is 73.0 Å². The summed E-state index contributed by atoms with van der Waals surface area (Å²) in [5.74, 6) is 0. The van der Waals surface area contributed by atoms with Gasteiger partial charge in [-0.3, -0.25) is 0 Å². The van der Waals surface area contributed by atoms with Crippen molar-refractivity contribution in [3.8, 4) is 0 Å². The number of ether oxygens (including phenoxy) is 1. The van der Waals surface area contributed by atoms with Crippen LogP contribution in [0.15, 0.2) is 49.2 Å². The highest BCUT2D eigenvalue weighted by Gasteiger charge is 1.90. The molecule has 1 heteroatoms. The molecule has 0 radical (unpaired) electrons. The van der Waals surface area contributed by atoms with Crippen molar-refractivity contribution in [2.45, 2.75) is 0 Å². The summed E-state index contributed by atoms with van der Waals surface area (Å²) in [6, 6.07) is 9.99. The highest BCUT2D eigenvalue weighted by molar-refractivity contribution is 5.71. The predicted octanol–water partition coefficient (Wildman–Crippen LogP) is 2.86. The Morgan fingerprint density at radius 3 is 2.58 bits per heavy atom. The number of hydrogen-bond donors (Lipinski definition) is 0. The number of rotatable bonds is 3. The number of hydrogen-bond acceptors (Lipinski definition) is 1. The van der Waals surface area contributed by atoms with Gasteiger partial charge in [0.15, 0.2) is 0 Å². The lowest BCUT2D eigenvalue weighted by atomic mass is 10.1. The maximum absolute atomic E-state index is 4.79. The van der Waals surface area contributed by atoms with E-state index in [9.17, 15) is 0 Å². The van der Waals surface area contributed by atoms with Crippen LogP contribution in [0.2, 0.25) is 0 Å². The summed E-state index contributed by atoms with van der Waals surface area (Å²) in [5, 5.41) is 0. The molecule has 1 aromatic rings. The van der Waals surface area contributed by atoms with Crippen molar-refractivity contribution in [2.24, 2.45) is 0 Å². The van der Waals surface area contributed by atoms with E-state index in [0.29, 0.717) is 0 Å². The number of benzene rings is 1. The van der Waals surface area contributed by atoms with Crippen molar-refractivity contribution in [1.82, 2.24) is 0 Å². The summed E-state index contributed by atoms with van der Waals surface area (Å²) in [7, 11) is 1.62. The molecule has 0 saturated heterocycles. The second-order valence-electron chi connectivity index (χ2n) is 2.43. The van der Waals surface area contributed by atoms with E-state index in [1.807, 2.05) is 36.4 Å². The van der Waals surface area contributed by atoms with Gasteiger partial charge in [-0.15, -0.1) is 0 Å². The first-order valence-corrected chi connectivity index (χ1v) is 3.78. The van der Waals surface area contributed by atoms with Gasteiger partial charge in [0.1, 0.15) is 0 Å². The maximum atomic E-state index is 4.79. The zero-order valence-corrected chi connectivity index (χ0v) is 7.16. The van der Waals surface area contributed by atoms with Crippen LogP contribution in [-0.2, 0) is 4.74 Å². The molecule has 0 amide bonds. The van der Waals surface area contributed by atoms with Crippen LogP contribution in [0.1, 0.15) is 5.56 Å². The molecule has 0 aromatic heterocycles. The summed E-state index contributed by atoms with van der Waals surface area (Å²) in [4.78, 5) is 0. The topological polar surface area (TPSA) is 9.23 Å². The van der Waals surface area contributed by atoms with E-state index in [2.05, 4.69) is 6.58 Å². The van der Waals surface area contributed by atoms with Crippen molar-refractivity contribution in [2.75, 3.05) is 7.11 Å². The molecule has 1 nitrogen and oxygen atoms in total. The standard InChI is InChI=1S/C11H12O/c1-10(8-9-12-2)11-6-4-3-5-7-11/h3-9H,1H2,2H3/b9-8-. The van der Waals surface area contributed by atoms with Crippen molar-refractivity contribution < 1.29 is 4.74 Å². The van der Waals surface area contributed by atoms with E-state index in [1.54, 1.807) is 13.4 Å². The van der Waals surface area contributed by atoms with Crippen molar-refractivity contribution in [1.29, 1.82) is 0 Å². The van der Waals surface area contributed by atoms with Gasteiger partial charge < -0.3 is 4.74 Å². The van der Waals surface area contributed by atoms with Crippen LogP contribution in [0.4, 0.5) is 0 Å². The monoisotopic (exact) mass is 160 g/mol. The third-order valence-electron chi connectivity index (χ3n) is 1.55. The summed E-state index contributed by atoms with van der Waals surface area (Å²) in [6.45, 7) is 3.90. The lowest BCUT2D eigenvalue weighted by molar-refractivity contribution is 0.338. The minimum absolute atomic E-state index is 0.956. The summed E-state index contributed by atoms with van der Waals surface area (Å²) in [5.41, 5.74) is 2.07. The highest BCUT2D eigenvalue weighted by atomic mass is 16.5. The fourth-order valence-corrected chi connectivity index (χ4v) is 0.899. The minimum atomic E-state index is 0.956. The van der Waals surface area contributed by atoms with Gasteiger partial charge in [-0.25, -0.2) is 0 Å². The molecule has 1 aromatic carbocycles.